The van der Waals surface area contributed by atoms with Gasteiger partial charge in [0.25, 0.3) is 0 Å². The summed E-state index contributed by atoms with van der Waals surface area (Å²) in [4.78, 5) is 27.0. The highest BCUT2D eigenvalue weighted by Gasteiger charge is 2.58. The molecule has 4 aromatic carbocycles. The number of rotatable bonds is 20. The van der Waals surface area contributed by atoms with Crippen molar-refractivity contribution in [1.82, 2.24) is 0 Å². The largest absolute Gasteiger partial charge is 0.469 e. The van der Waals surface area contributed by atoms with Gasteiger partial charge in [0, 0.05) is 11.2 Å². The number of ether oxygens (including phenoxy) is 2. The number of hydrogen-bond acceptors (Lipinski definition) is 6. The molecule has 4 rings (SSSR count). The molecule has 0 N–H and O–H groups in total. The second kappa shape index (κ2) is 20.4. The summed E-state index contributed by atoms with van der Waals surface area (Å²) in [5.74, 6) is -0.213. The Labute approximate surface area is 312 Å². The first-order valence-electron chi connectivity index (χ1n) is 18.4. The van der Waals surface area contributed by atoms with Crippen LogP contribution in [0.3, 0.4) is 0 Å². The molecule has 51 heavy (non-hydrogen) atoms. The third-order valence-corrected chi connectivity index (χ3v) is 13.6. The average Bonchev–Trinajstić information content (AvgIpc) is 3.15. The predicted octanol–water partition coefficient (Wildman–Crippen LogP) is 8.66. The van der Waals surface area contributed by atoms with E-state index in [4.69, 9.17) is 13.9 Å². The number of benzene rings is 4. The molecule has 0 aliphatic carbocycles. The number of hydrogen-bond donors (Lipinski definition) is 0. The van der Waals surface area contributed by atoms with Crippen molar-refractivity contribution in [2.24, 2.45) is 5.41 Å². The minimum absolute atomic E-state index is 0.226. The van der Waals surface area contributed by atoms with Crippen molar-refractivity contribution in [3.63, 3.8) is 0 Å². The Morgan fingerprint density at radius 3 is 1.71 bits per heavy atom. The van der Waals surface area contributed by atoms with Gasteiger partial charge < -0.3 is 13.9 Å². The van der Waals surface area contributed by atoms with E-state index in [1.54, 1.807) is 11.8 Å². The fraction of sp³-hybridized carbons (Fsp3) is 0.409. The normalized spacial score (nSPS) is 13.4. The van der Waals surface area contributed by atoms with Crippen LogP contribution >= 0.6 is 11.8 Å². The van der Waals surface area contributed by atoms with E-state index in [2.05, 4.69) is 93.6 Å². The van der Waals surface area contributed by atoms with Crippen LogP contribution in [0.2, 0.25) is 0 Å². The highest BCUT2D eigenvalue weighted by atomic mass is 32.2. The molecule has 0 aliphatic heterocycles. The molecule has 7 heteroatoms. The molecule has 272 valence electrons. The van der Waals surface area contributed by atoms with Gasteiger partial charge in [0.15, 0.2) is 5.60 Å². The van der Waals surface area contributed by atoms with Crippen molar-refractivity contribution < 1.29 is 23.5 Å². The molecular weight excluding hydrogens is 669 g/mol. The number of methoxy groups -OCH3 is 2. The Hall–Kier alpha value is -3.65. The maximum absolute atomic E-state index is 14.6. The molecular formula is C44H56O5SSi. The van der Waals surface area contributed by atoms with E-state index < -0.39 is 31.3 Å². The van der Waals surface area contributed by atoms with E-state index >= 15 is 0 Å². The number of esters is 2. The molecule has 0 aliphatic rings. The molecule has 0 radical (unpaired) electrons. The smallest absolute Gasteiger partial charge is 0.339 e. The van der Waals surface area contributed by atoms with Crippen molar-refractivity contribution >= 4 is 43.1 Å². The van der Waals surface area contributed by atoms with Gasteiger partial charge >= 0.3 is 11.9 Å². The molecule has 2 atom stereocenters. The number of unbranched alkanes of at least 4 members (excludes halogenated alkanes) is 5. The SMILES string of the molecule is COC(=O)CCSC(c1ccccc1CCCCCCCCc1ccccc1)C(O[SiH](c1ccccc1)c1ccccc1)(C(=O)OC)C(C)(C)C. The highest BCUT2D eigenvalue weighted by Crippen LogP contribution is 2.52. The zero-order valence-electron chi connectivity index (χ0n) is 31.1. The predicted molar refractivity (Wildman–Crippen MR) is 214 cm³/mol. The first kappa shape index (κ1) is 40.1. The lowest BCUT2D eigenvalue weighted by atomic mass is 9.71. The molecule has 0 saturated carbocycles. The van der Waals surface area contributed by atoms with Gasteiger partial charge in [-0.25, -0.2) is 4.79 Å². The van der Waals surface area contributed by atoms with Crippen LogP contribution in [0.1, 0.15) is 87.7 Å². The number of aryl methyl sites for hydroxylation is 2. The van der Waals surface area contributed by atoms with Crippen molar-refractivity contribution in [2.45, 2.75) is 89.4 Å². The fourth-order valence-electron chi connectivity index (χ4n) is 6.82. The zero-order chi connectivity index (χ0) is 36.5. The van der Waals surface area contributed by atoms with E-state index in [0.29, 0.717) is 5.75 Å². The summed E-state index contributed by atoms with van der Waals surface area (Å²) in [6, 6.07) is 39.7. The van der Waals surface area contributed by atoms with E-state index in [1.165, 1.54) is 51.0 Å². The second-order valence-electron chi connectivity index (χ2n) is 14.2. The van der Waals surface area contributed by atoms with Gasteiger partial charge in [-0.05, 0) is 52.7 Å². The quantitative estimate of drug-likeness (QED) is 0.0517. The zero-order valence-corrected chi connectivity index (χ0v) is 33.1. The lowest BCUT2D eigenvalue weighted by molar-refractivity contribution is -0.171. The lowest BCUT2D eigenvalue weighted by Gasteiger charge is -2.49. The Kier molecular flexibility index (Phi) is 16.1. The van der Waals surface area contributed by atoms with E-state index in [0.717, 1.165) is 41.6 Å². The van der Waals surface area contributed by atoms with Crippen LogP contribution in [-0.4, -0.2) is 46.6 Å². The Morgan fingerprint density at radius 2 is 1.16 bits per heavy atom. The fourth-order valence-corrected chi connectivity index (χ4v) is 11.3. The maximum atomic E-state index is 14.6. The average molecular weight is 725 g/mol. The summed E-state index contributed by atoms with van der Waals surface area (Å²) < 4.78 is 18.3. The highest BCUT2D eigenvalue weighted by molar-refractivity contribution is 7.99. The van der Waals surface area contributed by atoms with Gasteiger partial charge in [-0.3, -0.25) is 4.79 Å². The van der Waals surface area contributed by atoms with Crippen LogP contribution in [0.15, 0.2) is 115 Å². The summed E-state index contributed by atoms with van der Waals surface area (Å²) in [5.41, 5.74) is 1.60. The molecule has 0 amide bonds. The number of thioether (sulfide) groups is 1. The molecule has 0 aromatic heterocycles. The van der Waals surface area contributed by atoms with Crippen LogP contribution in [0, 0.1) is 5.41 Å². The van der Waals surface area contributed by atoms with Gasteiger partial charge in [0.2, 0.25) is 9.04 Å². The third kappa shape index (κ3) is 11.2. The van der Waals surface area contributed by atoms with Crippen molar-refractivity contribution in [1.29, 1.82) is 0 Å². The Balaban J connectivity index is 1.66. The van der Waals surface area contributed by atoms with Crippen LogP contribution in [0.25, 0.3) is 0 Å². The molecule has 0 fully saturated rings. The molecule has 0 saturated heterocycles. The molecule has 0 spiro atoms. The van der Waals surface area contributed by atoms with Crippen molar-refractivity contribution in [2.75, 3.05) is 20.0 Å². The van der Waals surface area contributed by atoms with Crippen molar-refractivity contribution in [3.8, 4) is 0 Å². The molecule has 2 unspecified atom stereocenters. The minimum atomic E-state index is -2.47. The molecule has 5 nitrogen and oxygen atoms in total. The Morgan fingerprint density at radius 1 is 0.647 bits per heavy atom. The van der Waals surface area contributed by atoms with E-state index in [9.17, 15) is 9.59 Å². The molecule has 0 bridgehead atoms. The van der Waals surface area contributed by atoms with E-state index in [-0.39, 0.29) is 12.4 Å². The summed E-state index contributed by atoms with van der Waals surface area (Å²) in [5, 5.41) is 1.71. The van der Waals surface area contributed by atoms with Crippen LogP contribution < -0.4 is 10.4 Å². The molecule has 0 heterocycles. The molecule has 4 aromatic rings. The summed E-state index contributed by atoms with van der Waals surface area (Å²) >= 11 is 1.59. The van der Waals surface area contributed by atoms with Crippen molar-refractivity contribution in [3.05, 3.63) is 132 Å². The van der Waals surface area contributed by atoms with Crippen LogP contribution in [0.4, 0.5) is 0 Å². The monoisotopic (exact) mass is 724 g/mol. The van der Waals surface area contributed by atoms with Crippen LogP contribution in [-0.2, 0) is 36.3 Å². The summed E-state index contributed by atoms with van der Waals surface area (Å²) in [6.07, 6.45) is 9.36. The summed E-state index contributed by atoms with van der Waals surface area (Å²) in [7, 11) is 0.399. The lowest BCUT2D eigenvalue weighted by Crippen LogP contribution is -2.63. The van der Waals surface area contributed by atoms with E-state index in [1.807, 2.05) is 42.5 Å². The third-order valence-electron chi connectivity index (χ3n) is 9.64. The van der Waals surface area contributed by atoms with Gasteiger partial charge in [-0.15, -0.1) is 11.8 Å². The Bertz CT molecular complexity index is 1570. The maximum Gasteiger partial charge on any atom is 0.339 e. The number of carbonyl (C=O) groups is 2. The second-order valence-corrected chi connectivity index (χ2v) is 17.7. The first-order valence-corrected chi connectivity index (χ1v) is 21.0. The number of carbonyl (C=O) groups excluding carboxylic acids is 2. The minimum Gasteiger partial charge on any atom is -0.469 e. The standard InChI is InChI=1S/C44H56O5SSi/c1-43(2,3)44(42(46)48-5,49-51(37-28-17-11-18-29-37)38-30-19-12-20-31-38)41(50-34-33-40(45)47-4)39-32-22-21-27-36(39)26-16-9-7-6-8-13-23-35-24-14-10-15-25-35/h10-12,14-15,17-22,24-25,27-32,41,51H,6-9,13,16,23,26,33-34H2,1-5H3. The summed E-state index contributed by atoms with van der Waals surface area (Å²) in [6.45, 7) is 6.21. The first-order chi connectivity index (χ1) is 24.7. The van der Waals surface area contributed by atoms with Gasteiger partial charge in [0.1, 0.15) is 0 Å². The van der Waals surface area contributed by atoms with Gasteiger partial charge in [-0.1, -0.05) is 162 Å². The van der Waals surface area contributed by atoms with Gasteiger partial charge in [0.05, 0.1) is 25.9 Å². The van der Waals surface area contributed by atoms with Gasteiger partial charge in [-0.2, -0.15) is 0 Å². The topological polar surface area (TPSA) is 61.8 Å². The van der Waals surface area contributed by atoms with Crippen LogP contribution in [0.5, 0.6) is 0 Å².